The molecule has 168 valence electrons. The van der Waals surface area contributed by atoms with Crippen molar-refractivity contribution in [1.82, 2.24) is 20.4 Å². The van der Waals surface area contributed by atoms with Gasteiger partial charge in [0.15, 0.2) is 0 Å². The maximum atomic E-state index is 12.4. The molecule has 3 rings (SSSR count). The minimum atomic E-state index is -0.334. The van der Waals surface area contributed by atoms with E-state index in [2.05, 4.69) is 32.8 Å². The van der Waals surface area contributed by atoms with Crippen LogP contribution < -0.4 is 10.6 Å². The molecule has 0 aliphatic heterocycles. The number of anilines is 1. The highest BCUT2D eigenvalue weighted by Gasteiger charge is 2.17. The predicted molar refractivity (Wildman–Crippen MR) is 121 cm³/mol. The first kappa shape index (κ1) is 23.3. The summed E-state index contributed by atoms with van der Waals surface area (Å²) in [6, 6.07) is 7.52. The van der Waals surface area contributed by atoms with Crippen molar-refractivity contribution < 1.29 is 14.3 Å². The van der Waals surface area contributed by atoms with Crippen LogP contribution in [-0.2, 0) is 11.3 Å². The maximum absolute atomic E-state index is 12.4. The highest BCUT2D eigenvalue weighted by Crippen LogP contribution is 2.21. The van der Waals surface area contributed by atoms with Gasteiger partial charge in [-0.1, -0.05) is 30.6 Å². The third-order valence-corrected chi connectivity index (χ3v) is 6.40. The summed E-state index contributed by atoms with van der Waals surface area (Å²) < 4.78 is 4.99. The molecular formula is C22H31N5O3S. The molecular weight excluding hydrogens is 414 g/mol. The molecule has 9 heteroatoms. The molecule has 2 N–H and O–H groups in total. The van der Waals surface area contributed by atoms with Crippen molar-refractivity contribution in [2.45, 2.75) is 51.2 Å². The van der Waals surface area contributed by atoms with E-state index in [1.807, 2.05) is 0 Å². The van der Waals surface area contributed by atoms with Gasteiger partial charge >= 0.3 is 0 Å². The zero-order valence-corrected chi connectivity index (χ0v) is 19.0. The number of nitrogens with one attached hydrogen (secondary N) is 2. The van der Waals surface area contributed by atoms with Crippen LogP contribution in [0.1, 0.15) is 63.7 Å². The van der Waals surface area contributed by atoms with E-state index in [0.717, 1.165) is 13.0 Å². The number of carbonyl (C=O) groups is 2. The molecule has 2 amide bonds. The molecule has 1 saturated carbocycles. The Labute approximate surface area is 187 Å². The van der Waals surface area contributed by atoms with Crippen molar-refractivity contribution in [3.05, 3.63) is 39.8 Å². The molecule has 1 heterocycles. The number of ether oxygens (including phenoxy) is 1. The number of hydrogen-bond acceptors (Lipinski definition) is 7. The van der Waals surface area contributed by atoms with Gasteiger partial charge in [-0.3, -0.25) is 9.59 Å². The number of carbonyl (C=O) groups excluding carboxylic acids is 2. The number of hydrogen-bond donors (Lipinski definition) is 2. The standard InChI is InChI=1S/C22H31N5O3S/c1-27(18-7-4-3-5-8-18)14-6-13-23-20(28)16-9-11-17(12-10-16)24-21(29)22-26-25-19(31-22)15-30-2/h9-12,18H,3-8,13-15H2,1-2H3,(H,23,28)(H,24,29). The smallest absolute Gasteiger partial charge is 0.286 e. The molecule has 0 spiro atoms. The molecule has 1 aromatic heterocycles. The maximum Gasteiger partial charge on any atom is 0.286 e. The van der Waals surface area contributed by atoms with E-state index in [4.69, 9.17) is 4.74 Å². The summed E-state index contributed by atoms with van der Waals surface area (Å²) in [5, 5.41) is 14.4. The lowest BCUT2D eigenvalue weighted by atomic mass is 9.94. The quantitative estimate of drug-likeness (QED) is 0.545. The van der Waals surface area contributed by atoms with E-state index in [-0.39, 0.29) is 16.8 Å². The zero-order valence-electron chi connectivity index (χ0n) is 18.2. The van der Waals surface area contributed by atoms with Gasteiger partial charge in [0.05, 0.1) is 6.61 Å². The fourth-order valence-corrected chi connectivity index (χ4v) is 4.46. The predicted octanol–water partition coefficient (Wildman–Crippen LogP) is 3.32. The molecule has 1 aromatic carbocycles. The van der Waals surface area contributed by atoms with Gasteiger partial charge in [-0.2, -0.15) is 0 Å². The van der Waals surface area contributed by atoms with Crippen molar-refractivity contribution in [1.29, 1.82) is 0 Å². The third kappa shape index (κ3) is 7.09. The second-order valence-electron chi connectivity index (χ2n) is 7.85. The van der Waals surface area contributed by atoms with Gasteiger partial charge in [-0.25, -0.2) is 0 Å². The van der Waals surface area contributed by atoms with Gasteiger partial charge in [0.2, 0.25) is 5.01 Å². The van der Waals surface area contributed by atoms with Crippen LogP contribution in [0.4, 0.5) is 5.69 Å². The van der Waals surface area contributed by atoms with Gasteiger partial charge in [0, 0.05) is 30.9 Å². The van der Waals surface area contributed by atoms with Crippen LogP contribution in [-0.4, -0.2) is 60.2 Å². The number of nitrogens with zero attached hydrogens (tertiary/aromatic N) is 3. The van der Waals surface area contributed by atoms with E-state index in [9.17, 15) is 9.59 Å². The highest BCUT2D eigenvalue weighted by atomic mass is 32.1. The first-order valence-corrected chi connectivity index (χ1v) is 11.6. The number of benzene rings is 1. The summed E-state index contributed by atoms with van der Waals surface area (Å²) in [4.78, 5) is 27.1. The molecule has 0 saturated heterocycles. The lowest BCUT2D eigenvalue weighted by molar-refractivity contribution is 0.0950. The minimum absolute atomic E-state index is 0.105. The minimum Gasteiger partial charge on any atom is -0.377 e. The van der Waals surface area contributed by atoms with Gasteiger partial charge in [-0.15, -0.1) is 10.2 Å². The summed E-state index contributed by atoms with van der Waals surface area (Å²) >= 11 is 1.19. The van der Waals surface area contributed by atoms with Crippen LogP contribution in [0.5, 0.6) is 0 Å². The summed E-state index contributed by atoms with van der Waals surface area (Å²) in [6.07, 6.45) is 7.54. The zero-order chi connectivity index (χ0) is 22.1. The van der Waals surface area contributed by atoms with E-state index < -0.39 is 0 Å². The normalized spacial score (nSPS) is 14.5. The van der Waals surface area contributed by atoms with Crippen LogP contribution in [0.2, 0.25) is 0 Å². The van der Waals surface area contributed by atoms with Crippen molar-refractivity contribution >= 4 is 28.8 Å². The van der Waals surface area contributed by atoms with E-state index in [0.29, 0.717) is 35.5 Å². The van der Waals surface area contributed by atoms with Gasteiger partial charge < -0.3 is 20.3 Å². The Balaban J connectivity index is 1.40. The van der Waals surface area contributed by atoms with Crippen LogP contribution in [0.25, 0.3) is 0 Å². The molecule has 1 fully saturated rings. The number of methoxy groups -OCH3 is 1. The summed E-state index contributed by atoms with van der Waals surface area (Å²) in [7, 11) is 3.75. The number of aromatic nitrogens is 2. The van der Waals surface area contributed by atoms with Crippen LogP contribution in [0, 0.1) is 0 Å². The first-order chi connectivity index (χ1) is 15.1. The molecule has 0 radical (unpaired) electrons. The fourth-order valence-electron chi connectivity index (χ4n) is 3.75. The largest absolute Gasteiger partial charge is 0.377 e. The SMILES string of the molecule is COCc1nnc(C(=O)Nc2ccc(C(=O)NCCCN(C)C3CCCCC3)cc2)s1. The van der Waals surface area contributed by atoms with Crippen LogP contribution >= 0.6 is 11.3 Å². The lowest BCUT2D eigenvalue weighted by Gasteiger charge is -2.31. The van der Waals surface area contributed by atoms with Crippen molar-refractivity contribution in [3.8, 4) is 0 Å². The molecule has 1 aliphatic carbocycles. The highest BCUT2D eigenvalue weighted by molar-refractivity contribution is 7.13. The van der Waals surface area contributed by atoms with Crippen molar-refractivity contribution in [2.75, 3.05) is 32.6 Å². The number of amides is 2. The third-order valence-electron chi connectivity index (χ3n) is 5.51. The fraction of sp³-hybridized carbons (Fsp3) is 0.545. The topological polar surface area (TPSA) is 96.5 Å². The van der Waals surface area contributed by atoms with Crippen molar-refractivity contribution in [2.24, 2.45) is 0 Å². The molecule has 0 unspecified atom stereocenters. The van der Waals surface area contributed by atoms with Crippen LogP contribution in [0.15, 0.2) is 24.3 Å². The van der Waals surface area contributed by atoms with Gasteiger partial charge in [0.25, 0.3) is 11.8 Å². The van der Waals surface area contributed by atoms with Crippen molar-refractivity contribution in [3.63, 3.8) is 0 Å². The molecule has 2 aromatic rings. The molecule has 31 heavy (non-hydrogen) atoms. The van der Waals surface area contributed by atoms with Gasteiger partial charge in [-0.05, 0) is 57.1 Å². The Morgan fingerprint density at radius 1 is 1.13 bits per heavy atom. The molecule has 1 aliphatic rings. The molecule has 0 atom stereocenters. The monoisotopic (exact) mass is 445 g/mol. The summed E-state index contributed by atoms with van der Waals surface area (Å²) in [6.45, 7) is 1.97. The molecule has 0 bridgehead atoms. The second kappa shape index (κ2) is 11.9. The van der Waals surface area contributed by atoms with Crippen LogP contribution in [0.3, 0.4) is 0 Å². The Kier molecular flexibility index (Phi) is 8.93. The average Bonchev–Trinajstić information content (AvgIpc) is 3.26. The van der Waals surface area contributed by atoms with Gasteiger partial charge in [0.1, 0.15) is 5.01 Å². The Morgan fingerprint density at radius 3 is 2.58 bits per heavy atom. The second-order valence-corrected chi connectivity index (χ2v) is 8.91. The molecule has 8 nitrogen and oxygen atoms in total. The average molecular weight is 446 g/mol. The Hall–Kier alpha value is -2.36. The van der Waals surface area contributed by atoms with E-state index in [1.54, 1.807) is 31.4 Å². The lowest BCUT2D eigenvalue weighted by Crippen LogP contribution is -2.35. The van der Waals surface area contributed by atoms with E-state index >= 15 is 0 Å². The Morgan fingerprint density at radius 2 is 1.87 bits per heavy atom. The number of rotatable bonds is 10. The summed E-state index contributed by atoms with van der Waals surface area (Å²) in [5.74, 6) is -0.439. The summed E-state index contributed by atoms with van der Waals surface area (Å²) in [5.41, 5.74) is 1.16. The van der Waals surface area contributed by atoms with E-state index in [1.165, 1.54) is 43.4 Å². The first-order valence-electron chi connectivity index (χ1n) is 10.8. The Bertz CT molecular complexity index is 849.